The Hall–Kier alpha value is -1.09. The summed E-state index contributed by atoms with van der Waals surface area (Å²) >= 11 is 0. The van der Waals surface area contributed by atoms with Crippen molar-refractivity contribution in [2.24, 2.45) is 0 Å². The minimum Gasteiger partial charge on any atom is -0.478 e. The summed E-state index contributed by atoms with van der Waals surface area (Å²) in [6.45, 7) is 4.94. The maximum absolute atomic E-state index is 10.3. The lowest BCUT2D eigenvalue weighted by atomic mass is 9.89. The molecule has 1 saturated heterocycles. The van der Waals surface area contributed by atoms with E-state index in [1.807, 2.05) is 6.08 Å². The van der Waals surface area contributed by atoms with Gasteiger partial charge in [-0.05, 0) is 26.2 Å². The number of ether oxygens (including phenoxy) is 1. The van der Waals surface area contributed by atoms with Gasteiger partial charge in [-0.1, -0.05) is 24.6 Å². The van der Waals surface area contributed by atoms with Crippen LogP contribution in [0.3, 0.4) is 0 Å². The molecule has 0 amide bonds. The second-order valence-corrected chi connectivity index (χ2v) is 4.10. The first-order valence-electron chi connectivity index (χ1n) is 5.29. The van der Waals surface area contributed by atoms with E-state index in [1.165, 1.54) is 5.57 Å². The van der Waals surface area contributed by atoms with E-state index in [0.29, 0.717) is 0 Å². The van der Waals surface area contributed by atoms with Crippen LogP contribution in [-0.4, -0.2) is 23.3 Å². The van der Waals surface area contributed by atoms with Gasteiger partial charge >= 0.3 is 5.97 Å². The third-order valence-corrected chi connectivity index (χ3v) is 2.79. The normalized spacial score (nSPS) is 29.9. The van der Waals surface area contributed by atoms with E-state index in [-0.39, 0.29) is 5.60 Å². The molecular weight excluding hydrogens is 192 g/mol. The lowest BCUT2D eigenvalue weighted by Gasteiger charge is -2.34. The van der Waals surface area contributed by atoms with Gasteiger partial charge in [0.05, 0.1) is 12.2 Å². The second-order valence-electron chi connectivity index (χ2n) is 4.10. The van der Waals surface area contributed by atoms with Crippen LogP contribution < -0.4 is 0 Å². The van der Waals surface area contributed by atoms with Crippen molar-refractivity contribution in [3.05, 3.63) is 23.8 Å². The summed E-state index contributed by atoms with van der Waals surface area (Å²) in [6, 6.07) is 0. The van der Waals surface area contributed by atoms with Crippen LogP contribution in [0, 0.1) is 0 Å². The van der Waals surface area contributed by atoms with Gasteiger partial charge in [-0.15, -0.1) is 0 Å². The number of aliphatic carboxylic acids is 1. The van der Waals surface area contributed by atoms with E-state index >= 15 is 0 Å². The molecule has 0 bridgehead atoms. The fourth-order valence-electron chi connectivity index (χ4n) is 1.68. The van der Waals surface area contributed by atoms with Crippen LogP contribution in [0.15, 0.2) is 23.8 Å². The average molecular weight is 210 g/mol. The van der Waals surface area contributed by atoms with Gasteiger partial charge in [0, 0.05) is 6.08 Å². The third kappa shape index (κ3) is 3.88. The van der Waals surface area contributed by atoms with Crippen LogP contribution in [0.5, 0.6) is 0 Å². The monoisotopic (exact) mass is 210 g/mol. The molecule has 1 aliphatic rings. The average Bonchev–Trinajstić information content (AvgIpc) is 2.17. The van der Waals surface area contributed by atoms with Gasteiger partial charge < -0.3 is 9.84 Å². The summed E-state index contributed by atoms with van der Waals surface area (Å²) in [6.07, 6.45) is 7.43. The number of carboxylic acids is 1. The minimum absolute atomic E-state index is 0.0683. The molecule has 0 spiro atoms. The molecule has 1 fully saturated rings. The van der Waals surface area contributed by atoms with E-state index in [0.717, 1.165) is 31.9 Å². The van der Waals surface area contributed by atoms with E-state index in [4.69, 9.17) is 9.84 Å². The number of hydrogen-bond donors (Lipinski definition) is 1. The van der Waals surface area contributed by atoms with Crippen LogP contribution in [0.1, 0.15) is 33.1 Å². The molecule has 0 radical (unpaired) electrons. The number of hydrogen-bond acceptors (Lipinski definition) is 2. The standard InChI is InChI=1S/C12H18O3/c1-3-12(2)9-10(7-8-15-12)5-4-6-11(13)14/h4-6H,3,7-9H2,1-2H3,(H,13,14)/b6-4+,10-5+. The van der Waals surface area contributed by atoms with Crippen molar-refractivity contribution in [3.8, 4) is 0 Å². The quantitative estimate of drug-likeness (QED) is 0.728. The first-order valence-corrected chi connectivity index (χ1v) is 5.29. The number of allylic oxidation sites excluding steroid dienone is 2. The SMILES string of the molecule is CCC1(C)C/C(=C/C=C/C(=O)O)CCO1. The van der Waals surface area contributed by atoms with E-state index < -0.39 is 5.97 Å². The first-order chi connectivity index (χ1) is 7.06. The number of carboxylic acid groups (broad SMARTS) is 1. The van der Waals surface area contributed by atoms with Crippen molar-refractivity contribution in [1.82, 2.24) is 0 Å². The molecule has 1 unspecified atom stereocenters. The highest BCUT2D eigenvalue weighted by Gasteiger charge is 2.27. The Balaban J connectivity index is 2.60. The Bertz CT molecular complexity index is 291. The Morgan fingerprint density at radius 3 is 3.00 bits per heavy atom. The number of carbonyl (C=O) groups is 1. The molecule has 0 aliphatic carbocycles. The highest BCUT2D eigenvalue weighted by Crippen LogP contribution is 2.30. The van der Waals surface area contributed by atoms with Crippen LogP contribution in [0.25, 0.3) is 0 Å². The minimum atomic E-state index is -0.905. The van der Waals surface area contributed by atoms with Crippen LogP contribution in [0.4, 0.5) is 0 Å². The molecule has 1 aliphatic heterocycles. The second kappa shape index (κ2) is 5.12. The van der Waals surface area contributed by atoms with Gasteiger partial charge in [-0.3, -0.25) is 0 Å². The summed E-state index contributed by atoms with van der Waals surface area (Å²) in [7, 11) is 0. The topological polar surface area (TPSA) is 46.5 Å². The van der Waals surface area contributed by atoms with Crippen molar-refractivity contribution in [3.63, 3.8) is 0 Å². The fraction of sp³-hybridized carbons (Fsp3) is 0.583. The maximum atomic E-state index is 10.3. The van der Waals surface area contributed by atoms with E-state index in [2.05, 4.69) is 13.8 Å². The fourth-order valence-corrected chi connectivity index (χ4v) is 1.68. The molecule has 1 atom stereocenters. The van der Waals surface area contributed by atoms with Crippen molar-refractivity contribution < 1.29 is 14.6 Å². The molecule has 15 heavy (non-hydrogen) atoms. The van der Waals surface area contributed by atoms with Gasteiger partial charge in [-0.25, -0.2) is 4.79 Å². The summed E-state index contributed by atoms with van der Waals surface area (Å²) < 4.78 is 5.69. The molecule has 0 saturated carbocycles. The van der Waals surface area contributed by atoms with Gasteiger partial charge in [0.1, 0.15) is 0 Å². The van der Waals surface area contributed by atoms with Gasteiger partial charge in [0.2, 0.25) is 0 Å². The zero-order chi connectivity index (χ0) is 11.3. The van der Waals surface area contributed by atoms with Crippen LogP contribution in [-0.2, 0) is 9.53 Å². The molecule has 1 heterocycles. The molecule has 1 N–H and O–H groups in total. The molecule has 0 aromatic heterocycles. The Kier molecular flexibility index (Phi) is 4.09. The van der Waals surface area contributed by atoms with Gasteiger partial charge in [0.15, 0.2) is 0 Å². The predicted octanol–water partition coefficient (Wildman–Crippen LogP) is 2.53. The Morgan fingerprint density at radius 1 is 1.67 bits per heavy atom. The third-order valence-electron chi connectivity index (χ3n) is 2.79. The molecule has 84 valence electrons. The van der Waals surface area contributed by atoms with Crippen LogP contribution >= 0.6 is 0 Å². The lowest BCUT2D eigenvalue weighted by molar-refractivity contribution is -0.131. The largest absolute Gasteiger partial charge is 0.478 e. The Morgan fingerprint density at radius 2 is 2.40 bits per heavy atom. The summed E-state index contributed by atoms with van der Waals surface area (Å²) in [4.78, 5) is 10.3. The maximum Gasteiger partial charge on any atom is 0.328 e. The first kappa shape index (κ1) is 12.0. The highest BCUT2D eigenvalue weighted by molar-refractivity contribution is 5.80. The van der Waals surface area contributed by atoms with E-state index in [1.54, 1.807) is 6.08 Å². The Labute approximate surface area is 90.4 Å². The predicted molar refractivity (Wildman–Crippen MR) is 58.7 cm³/mol. The molecule has 0 aromatic rings. The smallest absolute Gasteiger partial charge is 0.328 e. The van der Waals surface area contributed by atoms with Gasteiger partial charge in [-0.2, -0.15) is 0 Å². The van der Waals surface area contributed by atoms with Crippen LogP contribution in [0.2, 0.25) is 0 Å². The zero-order valence-electron chi connectivity index (χ0n) is 9.32. The molecular formula is C12H18O3. The van der Waals surface area contributed by atoms with Gasteiger partial charge in [0.25, 0.3) is 0 Å². The van der Waals surface area contributed by atoms with Crippen molar-refractivity contribution in [2.45, 2.75) is 38.7 Å². The highest BCUT2D eigenvalue weighted by atomic mass is 16.5. The summed E-state index contributed by atoms with van der Waals surface area (Å²) in [5, 5.41) is 8.45. The van der Waals surface area contributed by atoms with Crippen molar-refractivity contribution >= 4 is 5.97 Å². The number of rotatable bonds is 3. The molecule has 0 aromatic carbocycles. The molecule has 3 heteroatoms. The zero-order valence-corrected chi connectivity index (χ0v) is 9.32. The summed E-state index contributed by atoms with van der Waals surface area (Å²) in [5.74, 6) is -0.905. The van der Waals surface area contributed by atoms with Crippen molar-refractivity contribution in [1.29, 1.82) is 0 Å². The summed E-state index contributed by atoms with van der Waals surface area (Å²) in [5.41, 5.74) is 1.20. The molecule has 3 nitrogen and oxygen atoms in total. The van der Waals surface area contributed by atoms with E-state index in [9.17, 15) is 4.79 Å². The van der Waals surface area contributed by atoms with Crippen molar-refractivity contribution in [2.75, 3.05) is 6.61 Å². The molecule has 1 rings (SSSR count). The lowest BCUT2D eigenvalue weighted by Crippen LogP contribution is -2.32.